The molecule has 0 fully saturated rings. The van der Waals surface area contributed by atoms with E-state index in [1.807, 2.05) is 24.3 Å². The SMILES string of the molecule is CO[Si](CCCNC(=O)c1ccc(-c2nc(C(Cl)(Cl)Cl)nc(C(Cl)(Cl)Cl)n2)cc1)(OC)OC.CO[Si](OC)(OC)c1ccc(CCl)cc1. The molecule has 1 amide bonds. The van der Waals surface area contributed by atoms with Gasteiger partial charge in [0.05, 0.1) is 0 Å². The van der Waals surface area contributed by atoms with Gasteiger partial charge >= 0.3 is 17.6 Å². The Balaban J connectivity index is 0.000000444. The monoisotopic (exact) mass is 840 g/mol. The maximum Gasteiger partial charge on any atom is 0.536 e. The van der Waals surface area contributed by atoms with E-state index in [4.69, 9.17) is 108 Å². The van der Waals surface area contributed by atoms with Gasteiger partial charge in [0, 0.05) is 77.4 Å². The van der Waals surface area contributed by atoms with Crippen LogP contribution in [-0.2, 0) is 40.0 Å². The van der Waals surface area contributed by atoms with E-state index in [2.05, 4.69) is 20.3 Å². The molecule has 48 heavy (non-hydrogen) atoms. The number of hydrogen-bond donors (Lipinski definition) is 1. The van der Waals surface area contributed by atoms with E-state index >= 15 is 0 Å². The number of aromatic nitrogens is 3. The number of nitrogens with one attached hydrogen (secondary N) is 1. The van der Waals surface area contributed by atoms with Gasteiger partial charge in [-0.2, -0.15) is 0 Å². The summed E-state index contributed by atoms with van der Waals surface area (Å²) >= 11 is 41.1. The van der Waals surface area contributed by atoms with Crippen LogP contribution in [-0.4, -0.2) is 87.7 Å². The van der Waals surface area contributed by atoms with Crippen molar-refractivity contribution < 1.29 is 31.4 Å². The lowest BCUT2D eigenvalue weighted by atomic mass is 10.1. The lowest BCUT2D eigenvalue weighted by Gasteiger charge is -2.24. The molecule has 20 heteroatoms. The second kappa shape index (κ2) is 19.7. The molecule has 2 aromatic carbocycles. The zero-order valence-electron chi connectivity index (χ0n) is 26.8. The summed E-state index contributed by atoms with van der Waals surface area (Å²) in [4.78, 5) is 24.7. The van der Waals surface area contributed by atoms with E-state index < -0.39 is 25.2 Å². The quantitative estimate of drug-likeness (QED) is 0.107. The normalized spacial score (nSPS) is 12.4. The van der Waals surface area contributed by atoms with Gasteiger partial charge in [0.2, 0.25) is 7.59 Å². The maximum atomic E-state index is 12.5. The zero-order chi connectivity index (χ0) is 36.2. The van der Waals surface area contributed by atoms with Crippen molar-refractivity contribution in [1.82, 2.24) is 20.3 Å². The molecule has 0 bridgehead atoms. The number of alkyl halides is 7. The van der Waals surface area contributed by atoms with Gasteiger partial charge in [0.25, 0.3) is 5.91 Å². The van der Waals surface area contributed by atoms with Crippen molar-refractivity contribution in [2.45, 2.75) is 25.9 Å². The first kappa shape index (κ1) is 43.3. The van der Waals surface area contributed by atoms with Crippen LogP contribution in [0.1, 0.15) is 34.0 Å². The molecule has 3 rings (SSSR count). The third kappa shape index (κ3) is 12.1. The molecule has 0 saturated heterocycles. The molecule has 1 heterocycles. The van der Waals surface area contributed by atoms with E-state index in [0.29, 0.717) is 36.0 Å². The molecule has 3 aromatic rings. The van der Waals surface area contributed by atoms with E-state index in [-0.39, 0.29) is 23.4 Å². The Morgan fingerprint density at radius 3 is 1.58 bits per heavy atom. The summed E-state index contributed by atoms with van der Waals surface area (Å²) < 4.78 is 28.2. The van der Waals surface area contributed by atoms with E-state index in [0.717, 1.165) is 10.8 Å². The number of hydrogen-bond acceptors (Lipinski definition) is 10. The predicted molar refractivity (Wildman–Crippen MR) is 195 cm³/mol. The molecule has 1 N–H and O–H groups in total. The Kier molecular flexibility index (Phi) is 17.7. The fraction of sp³-hybridized carbons (Fsp3) is 0.429. The molecule has 11 nitrogen and oxygen atoms in total. The van der Waals surface area contributed by atoms with Crippen LogP contribution in [0.2, 0.25) is 6.04 Å². The van der Waals surface area contributed by atoms with Crippen LogP contribution in [0.5, 0.6) is 0 Å². The van der Waals surface area contributed by atoms with Crippen molar-refractivity contribution in [3.05, 3.63) is 71.3 Å². The number of amides is 1. The fourth-order valence-electron chi connectivity index (χ4n) is 4.10. The Labute approximate surface area is 317 Å². The smallest absolute Gasteiger partial charge is 0.377 e. The topological polar surface area (TPSA) is 123 Å². The van der Waals surface area contributed by atoms with Crippen molar-refractivity contribution >= 4 is 110 Å². The predicted octanol–water partition coefficient (Wildman–Crippen LogP) is 6.70. The van der Waals surface area contributed by atoms with Gasteiger partial charge in [-0.25, -0.2) is 15.0 Å². The van der Waals surface area contributed by atoms with E-state index in [1.54, 1.807) is 66.9 Å². The highest BCUT2D eigenvalue weighted by Crippen LogP contribution is 2.40. The van der Waals surface area contributed by atoms with Crippen LogP contribution in [0.4, 0.5) is 0 Å². The number of benzene rings is 2. The fourth-order valence-corrected chi connectivity index (χ4v) is 8.29. The molecule has 0 spiro atoms. The lowest BCUT2D eigenvalue weighted by Crippen LogP contribution is -2.54. The van der Waals surface area contributed by atoms with Gasteiger partial charge < -0.3 is 31.9 Å². The standard InChI is InChI=1S/C18H20Cl6N4O4Si.C10H15ClO3Si/c1-30-33(31-2,32-3)10-4-9-25-14(29)12-7-5-11(6-8-12)13-26-15(17(19,20)21)28-16(27-13)18(22,23)24;1-12-15(13-2,14-3)10-6-4-9(8-11)5-7-10/h5-8H,4,9-10H2,1-3H3,(H,25,29);4-7H,8H2,1-3H3. The molecule has 0 radical (unpaired) electrons. The van der Waals surface area contributed by atoms with Crippen molar-refractivity contribution in [3.8, 4) is 11.4 Å². The van der Waals surface area contributed by atoms with Crippen LogP contribution >= 0.6 is 81.2 Å². The molecule has 0 aliphatic carbocycles. The number of nitrogens with zero attached hydrogens (tertiary/aromatic N) is 3. The largest absolute Gasteiger partial charge is 0.536 e. The van der Waals surface area contributed by atoms with E-state index in [1.165, 1.54) is 0 Å². The molecule has 266 valence electrons. The Bertz CT molecular complexity index is 1400. The van der Waals surface area contributed by atoms with E-state index in [9.17, 15) is 4.79 Å². The van der Waals surface area contributed by atoms with Crippen molar-refractivity contribution in [2.24, 2.45) is 0 Å². The summed E-state index contributed by atoms with van der Waals surface area (Å²) in [5.74, 6) is -0.0610. The highest BCUT2D eigenvalue weighted by atomic mass is 35.6. The van der Waals surface area contributed by atoms with Gasteiger partial charge in [-0.1, -0.05) is 106 Å². The molecule has 0 aliphatic rings. The van der Waals surface area contributed by atoms with Gasteiger partial charge in [0.1, 0.15) is 0 Å². The van der Waals surface area contributed by atoms with Crippen LogP contribution < -0.4 is 10.5 Å². The Morgan fingerprint density at radius 1 is 0.708 bits per heavy atom. The highest BCUT2D eigenvalue weighted by Gasteiger charge is 2.40. The van der Waals surface area contributed by atoms with Crippen LogP contribution in [0, 0.1) is 0 Å². The first-order valence-corrected chi connectivity index (χ1v) is 20.3. The Hall–Kier alpha value is -0.856. The number of carbonyl (C=O) groups excluding carboxylic acids is 1. The van der Waals surface area contributed by atoms with Crippen molar-refractivity contribution in [3.63, 3.8) is 0 Å². The van der Waals surface area contributed by atoms with Crippen LogP contribution in [0.15, 0.2) is 48.5 Å². The lowest BCUT2D eigenvalue weighted by molar-refractivity contribution is 0.0949. The first-order valence-electron chi connectivity index (χ1n) is 13.8. The zero-order valence-corrected chi connectivity index (χ0v) is 34.1. The van der Waals surface area contributed by atoms with Crippen molar-refractivity contribution in [1.29, 1.82) is 0 Å². The summed E-state index contributed by atoms with van der Waals surface area (Å²) in [5, 5.41) is 3.77. The molecular formula is C28H35Cl7N4O7Si2. The molecule has 0 atom stereocenters. The minimum atomic E-state index is -2.68. The van der Waals surface area contributed by atoms with Crippen LogP contribution in [0.3, 0.4) is 0 Å². The average molecular weight is 844 g/mol. The number of halogens is 7. The third-order valence-corrected chi connectivity index (χ3v) is 13.5. The molecule has 0 aliphatic heterocycles. The molecule has 1 aromatic heterocycles. The molecular weight excluding hydrogens is 809 g/mol. The summed E-state index contributed by atoms with van der Waals surface area (Å²) in [7, 11) is 4.05. The number of carbonyl (C=O) groups is 1. The third-order valence-electron chi connectivity index (χ3n) is 6.69. The summed E-state index contributed by atoms with van der Waals surface area (Å²) in [5.41, 5.74) is 1.98. The number of rotatable bonds is 14. The van der Waals surface area contributed by atoms with Gasteiger partial charge in [-0.05, 0) is 24.1 Å². The van der Waals surface area contributed by atoms with Crippen LogP contribution in [0.25, 0.3) is 11.4 Å². The first-order chi connectivity index (χ1) is 22.6. The Morgan fingerprint density at radius 2 is 1.19 bits per heavy atom. The minimum Gasteiger partial charge on any atom is -0.377 e. The van der Waals surface area contributed by atoms with Crippen molar-refractivity contribution in [2.75, 3.05) is 49.2 Å². The highest BCUT2D eigenvalue weighted by molar-refractivity contribution is 6.75. The second-order valence-corrected chi connectivity index (χ2v) is 20.4. The average Bonchev–Trinajstić information content (AvgIpc) is 3.09. The maximum absolute atomic E-state index is 12.5. The summed E-state index contributed by atoms with van der Waals surface area (Å²) in [6.45, 7) is 0.415. The van der Waals surface area contributed by atoms with Gasteiger partial charge in [0.15, 0.2) is 17.5 Å². The van der Waals surface area contributed by atoms with Gasteiger partial charge in [-0.3, -0.25) is 4.79 Å². The minimum absolute atomic E-state index is 0.111. The molecule has 0 saturated carbocycles. The van der Waals surface area contributed by atoms with Gasteiger partial charge in [-0.15, -0.1) is 11.6 Å². The second-order valence-electron chi connectivity index (χ2n) is 9.53. The summed E-state index contributed by atoms with van der Waals surface area (Å²) in [6.07, 6.45) is 0.621. The summed E-state index contributed by atoms with van der Waals surface area (Å²) in [6, 6.07) is 14.7. The molecule has 0 unspecified atom stereocenters.